The number of fused-ring (bicyclic) bond motifs is 2. The fourth-order valence-electron chi connectivity index (χ4n) is 3.29. The van der Waals surface area contributed by atoms with Crippen LogP contribution in [0.15, 0.2) is 18.2 Å². The summed E-state index contributed by atoms with van der Waals surface area (Å²) in [7, 11) is -0.968. The highest BCUT2D eigenvalue weighted by atomic mass is 28.3. The molecule has 1 unspecified atom stereocenters. The highest BCUT2D eigenvalue weighted by Gasteiger charge is 2.26. The van der Waals surface area contributed by atoms with E-state index in [1.54, 1.807) is 16.7 Å². The van der Waals surface area contributed by atoms with Gasteiger partial charge in [0.1, 0.15) is 0 Å². The number of aryl methyl sites for hydroxylation is 2. The first kappa shape index (κ1) is 11.3. The molecule has 0 fully saturated rings. The Balaban J connectivity index is 1.94. The van der Waals surface area contributed by atoms with Crippen LogP contribution in [0.1, 0.15) is 34.6 Å². The summed E-state index contributed by atoms with van der Waals surface area (Å²) >= 11 is 0. The van der Waals surface area contributed by atoms with Crippen LogP contribution in [-0.4, -0.2) is 8.07 Å². The molecule has 2 aliphatic rings. The Kier molecular flexibility index (Phi) is 2.55. The molecule has 1 heteroatoms. The van der Waals surface area contributed by atoms with Gasteiger partial charge >= 0.3 is 0 Å². The first-order valence-electron chi connectivity index (χ1n) is 6.87. The minimum atomic E-state index is -0.968. The van der Waals surface area contributed by atoms with E-state index in [2.05, 4.69) is 43.9 Å². The summed E-state index contributed by atoms with van der Waals surface area (Å²) in [5.74, 6) is 0.711. The SMILES string of the molecule is C[Si](C)(C)CC1C=Cc2cc3c(cc21)CCC3. The monoisotopic (exact) mass is 242 g/mol. The smallest absolute Gasteiger partial charge is 0.0451 e. The molecule has 0 amide bonds. The molecule has 0 saturated carbocycles. The molecule has 0 aliphatic heterocycles. The fourth-order valence-corrected chi connectivity index (χ4v) is 4.96. The van der Waals surface area contributed by atoms with Crippen molar-refractivity contribution in [3.05, 3.63) is 40.5 Å². The van der Waals surface area contributed by atoms with Gasteiger partial charge in [-0.3, -0.25) is 0 Å². The summed E-state index contributed by atoms with van der Waals surface area (Å²) in [6.07, 6.45) is 8.77. The standard InChI is InChI=1S/C16H22Si/c1-17(2,3)11-15-8-7-14-9-12-5-4-6-13(12)10-16(14)15/h7-10,15H,4-6,11H2,1-3H3. The third kappa shape index (κ3) is 2.13. The van der Waals surface area contributed by atoms with Crippen LogP contribution in [0.4, 0.5) is 0 Å². The molecule has 1 aromatic carbocycles. The van der Waals surface area contributed by atoms with Crippen molar-refractivity contribution < 1.29 is 0 Å². The maximum atomic E-state index is 2.52. The average Bonchev–Trinajstić information content (AvgIpc) is 2.80. The topological polar surface area (TPSA) is 0 Å². The first-order valence-corrected chi connectivity index (χ1v) is 10.6. The predicted molar refractivity (Wildman–Crippen MR) is 78.4 cm³/mol. The van der Waals surface area contributed by atoms with Gasteiger partial charge in [0.2, 0.25) is 0 Å². The Morgan fingerprint density at radius 2 is 1.82 bits per heavy atom. The van der Waals surface area contributed by atoms with E-state index in [-0.39, 0.29) is 0 Å². The van der Waals surface area contributed by atoms with E-state index in [0.29, 0.717) is 5.92 Å². The minimum Gasteiger partial charge on any atom is -0.0767 e. The van der Waals surface area contributed by atoms with Gasteiger partial charge in [-0.25, -0.2) is 0 Å². The van der Waals surface area contributed by atoms with Gasteiger partial charge in [-0.2, -0.15) is 0 Å². The zero-order chi connectivity index (χ0) is 12.0. The van der Waals surface area contributed by atoms with Crippen molar-refractivity contribution >= 4 is 14.1 Å². The largest absolute Gasteiger partial charge is 0.0767 e. The molecule has 0 bridgehead atoms. The number of allylic oxidation sites excluding steroid dienone is 1. The molecule has 0 N–H and O–H groups in total. The van der Waals surface area contributed by atoms with Crippen LogP contribution in [0.5, 0.6) is 0 Å². The average molecular weight is 242 g/mol. The summed E-state index contributed by atoms with van der Waals surface area (Å²) in [5.41, 5.74) is 6.37. The van der Waals surface area contributed by atoms with Crippen LogP contribution in [0.2, 0.25) is 25.7 Å². The fraction of sp³-hybridized carbons (Fsp3) is 0.500. The van der Waals surface area contributed by atoms with Crippen molar-refractivity contribution in [1.82, 2.24) is 0 Å². The Hall–Kier alpha value is -0.823. The van der Waals surface area contributed by atoms with Crippen molar-refractivity contribution in [1.29, 1.82) is 0 Å². The lowest BCUT2D eigenvalue weighted by molar-refractivity contribution is 0.909. The molecule has 0 saturated heterocycles. The third-order valence-corrected chi connectivity index (χ3v) is 5.70. The maximum Gasteiger partial charge on any atom is 0.0451 e. The van der Waals surface area contributed by atoms with Gasteiger partial charge in [-0.15, -0.1) is 0 Å². The third-order valence-electron chi connectivity index (χ3n) is 4.04. The van der Waals surface area contributed by atoms with Gasteiger partial charge in [-0.1, -0.05) is 43.9 Å². The van der Waals surface area contributed by atoms with E-state index in [4.69, 9.17) is 0 Å². The van der Waals surface area contributed by atoms with Crippen LogP contribution in [-0.2, 0) is 12.8 Å². The summed E-state index contributed by atoms with van der Waals surface area (Å²) in [6, 6.07) is 6.37. The summed E-state index contributed by atoms with van der Waals surface area (Å²) in [5, 5.41) is 0. The van der Waals surface area contributed by atoms with Crippen molar-refractivity contribution in [2.24, 2.45) is 0 Å². The minimum absolute atomic E-state index is 0.711. The molecule has 1 aromatic rings. The van der Waals surface area contributed by atoms with E-state index in [1.165, 1.54) is 30.9 Å². The molecule has 2 aliphatic carbocycles. The van der Waals surface area contributed by atoms with Crippen molar-refractivity contribution in [2.45, 2.75) is 50.9 Å². The van der Waals surface area contributed by atoms with Gasteiger partial charge in [0, 0.05) is 14.0 Å². The highest BCUT2D eigenvalue weighted by molar-refractivity contribution is 6.76. The van der Waals surface area contributed by atoms with E-state index in [0.717, 1.165) is 0 Å². The quantitative estimate of drug-likeness (QED) is 0.664. The molecule has 3 rings (SSSR count). The van der Waals surface area contributed by atoms with Crippen molar-refractivity contribution in [3.63, 3.8) is 0 Å². The Morgan fingerprint density at radius 3 is 2.53 bits per heavy atom. The summed E-state index contributed by atoms with van der Waals surface area (Å²) < 4.78 is 0. The molecular weight excluding hydrogens is 220 g/mol. The normalized spacial score (nSPS) is 21.7. The van der Waals surface area contributed by atoms with Crippen LogP contribution < -0.4 is 0 Å². The molecule has 0 spiro atoms. The molecule has 90 valence electrons. The van der Waals surface area contributed by atoms with E-state index < -0.39 is 8.07 Å². The maximum absolute atomic E-state index is 2.52. The molecule has 0 nitrogen and oxygen atoms in total. The number of benzene rings is 1. The molecular formula is C16H22Si. The second-order valence-electron chi connectivity index (χ2n) is 6.83. The summed E-state index contributed by atoms with van der Waals surface area (Å²) in [6.45, 7) is 7.44. The second kappa shape index (κ2) is 3.84. The zero-order valence-electron chi connectivity index (χ0n) is 11.2. The lowest BCUT2D eigenvalue weighted by Gasteiger charge is -2.21. The van der Waals surface area contributed by atoms with Crippen molar-refractivity contribution in [2.75, 3.05) is 0 Å². The Morgan fingerprint density at radius 1 is 1.12 bits per heavy atom. The van der Waals surface area contributed by atoms with E-state index in [1.807, 2.05) is 0 Å². The molecule has 0 aromatic heterocycles. The van der Waals surface area contributed by atoms with Crippen LogP contribution in [0, 0.1) is 0 Å². The van der Waals surface area contributed by atoms with Crippen molar-refractivity contribution in [3.8, 4) is 0 Å². The zero-order valence-corrected chi connectivity index (χ0v) is 12.2. The van der Waals surface area contributed by atoms with Gasteiger partial charge in [0.15, 0.2) is 0 Å². The molecule has 0 heterocycles. The number of hydrogen-bond acceptors (Lipinski definition) is 0. The van der Waals surface area contributed by atoms with Crippen LogP contribution in [0.3, 0.4) is 0 Å². The lowest BCUT2D eigenvalue weighted by atomic mass is 9.97. The van der Waals surface area contributed by atoms with Crippen LogP contribution >= 0.6 is 0 Å². The van der Waals surface area contributed by atoms with Crippen LogP contribution in [0.25, 0.3) is 6.08 Å². The highest BCUT2D eigenvalue weighted by Crippen LogP contribution is 2.39. The number of rotatable bonds is 2. The molecule has 17 heavy (non-hydrogen) atoms. The first-order chi connectivity index (χ1) is 8.03. The Labute approximate surface area is 106 Å². The van der Waals surface area contributed by atoms with E-state index >= 15 is 0 Å². The van der Waals surface area contributed by atoms with Gasteiger partial charge in [0.05, 0.1) is 0 Å². The molecule has 1 atom stereocenters. The molecule has 0 radical (unpaired) electrons. The lowest BCUT2D eigenvalue weighted by Crippen LogP contribution is -2.21. The second-order valence-corrected chi connectivity index (χ2v) is 12.4. The Bertz CT molecular complexity index is 477. The van der Waals surface area contributed by atoms with Gasteiger partial charge in [-0.05, 0) is 47.6 Å². The van der Waals surface area contributed by atoms with Gasteiger partial charge in [0.25, 0.3) is 0 Å². The van der Waals surface area contributed by atoms with E-state index in [9.17, 15) is 0 Å². The number of hydrogen-bond donors (Lipinski definition) is 0. The predicted octanol–water partition coefficient (Wildman–Crippen LogP) is 4.62. The van der Waals surface area contributed by atoms with Gasteiger partial charge < -0.3 is 0 Å². The summed E-state index contributed by atoms with van der Waals surface area (Å²) in [4.78, 5) is 0.